The molecule has 0 aliphatic heterocycles. The molecule has 0 amide bonds. The molecule has 1 aromatic rings. The van der Waals surface area contributed by atoms with Gasteiger partial charge in [0, 0.05) is 11.7 Å². The summed E-state index contributed by atoms with van der Waals surface area (Å²) in [7, 11) is -3.78. The van der Waals surface area contributed by atoms with E-state index < -0.39 is 10.0 Å². The first-order valence-electron chi connectivity index (χ1n) is 7.07. The number of benzene rings is 1. The summed E-state index contributed by atoms with van der Waals surface area (Å²) in [5.41, 5.74) is 6.61. The molecule has 112 valence electrons. The van der Waals surface area contributed by atoms with E-state index in [4.69, 9.17) is 10.9 Å². The standard InChI is InChI=1S/C14H23N3O2S/c1-10-5-3-2-4-6-12(10)17-13-8-7-11(15)9-14(13)20(16,18)19/h7-10,12,17H,2-6,15H2,1H3,(H2,16,18,19). The smallest absolute Gasteiger partial charge is 0.240 e. The topological polar surface area (TPSA) is 98.2 Å². The molecular weight excluding hydrogens is 274 g/mol. The van der Waals surface area contributed by atoms with Gasteiger partial charge in [-0.3, -0.25) is 0 Å². The fraction of sp³-hybridized carbons (Fsp3) is 0.571. The summed E-state index contributed by atoms with van der Waals surface area (Å²) in [6.07, 6.45) is 5.87. The Balaban J connectivity index is 2.28. The number of hydrogen-bond donors (Lipinski definition) is 3. The van der Waals surface area contributed by atoms with Crippen molar-refractivity contribution in [2.24, 2.45) is 11.1 Å². The zero-order chi connectivity index (χ0) is 14.8. The molecule has 0 spiro atoms. The van der Waals surface area contributed by atoms with Crippen LogP contribution in [0.4, 0.5) is 11.4 Å². The Hall–Kier alpha value is -1.27. The van der Waals surface area contributed by atoms with Crippen LogP contribution in [0.5, 0.6) is 0 Å². The fourth-order valence-electron chi connectivity index (χ4n) is 2.80. The van der Waals surface area contributed by atoms with E-state index in [1.807, 2.05) is 0 Å². The van der Waals surface area contributed by atoms with E-state index in [9.17, 15) is 8.42 Å². The minimum atomic E-state index is -3.78. The lowest BCUT2D eigenvalue weighted by atomic mass is 9.96. The van der Waals surface area contributed by atoms with Crippen molar-refractivity contribution in [3.63, 3.8) is 0 Å². The summed E-state index contributed by atoms with van der Waals surface area (Å²) in [5, 5.41) is 8.63. The molecule has 1 aromatic carbocycles. The van der Waals surface area contributed by atoms with Crippen molar-refractivity contribution in [1.82, 2.24) is 0 Å². The third kappa shape index (κ3) is 3.64. The number of nitrogen functional groups attached to an aromatic ring is 1. The molecule has 2 rings (SSSR count). The van der Waals surface area contributed by atoms with Gasteiger partial charge in [-0.25, -0.2) is 13.6 Å². The zero-order valence-electron chi connectivity index (χ0n) is 11.8. The van der Waals surface area contributed by atoms with E-state index in [1.54, 1.807) is 12.1 Å². The second-order valence-corrected chi connectivity index (χ2v) is 7.20. The number of hydrogen-bond acceptors (Lipinski definition) is 4. The van der Waals surface area contributed by atoms with E-state index in [1.165, 1.54) is 25.3 Å². The zero-order valence-corrected chi connectivity index (χ0v) is 12.6. The van der Waals surface area contributed by atoms with Crippen LogP contribution < -0.4 is 16.2 Å². The van der Waals surface area contributed by atoms with Gasteiger partial charge in [0.25, 0.3) is 0 Å². The van der Waals surface area contributed by atoms with Crippen LogP contribution in [0.15, 0.2) is 23.1 Å². The molecule has 0 radical (unpaired) electrons. The summed E-state index contributed by atoms with van der Waals surface area (Å²) in [5.74, 6) is 0.517. The maximum absolute atomic E-state index is 11.7. The highest BCUT2D eigenvalue weighted by Gasteiger charge is 2.22. The molecule has 0 heterocycles. The molecule has 0 bridgehead atoms. The molecule has 2 atom stereocenters. The molecule has 6 heteroatoms. The van der Waals surface area contributed by atoms with Gasteiger partial charge in [-0.1, -0.05) is 26.2 Å². The first-order chi connectivity index (χ1) is 9.38. The normalized spacial score (nSPS) is 24.1. The van der Waals surface area contributed by atoms with Crippen LogP contribution in [0.3, 0.4) is 0 Å². The number of anilines is 2. The van der Waals surface area contributed by atoms with Crippen LogP contribution in [0.2, 0.25) is 0 Å². The minimum absolute atomic E-state index is 0.0777. The van der Waals surface area contributed by atoms with Crippen LogP contribution in [0.25, 0.3) is 0 Å². The van der Waals surface area contributed by atoms with Gasteiger partial charge in [-0.15, -0.1) is 0 Å². The molecule has 20 heavy (non-hydrogen) atoms. The Labute approximate surface area is 120 Å². The SMILES string of the molecule is CC1CCCCCC1Nc1ccc(N)cc1S(N)(=O)=O. The highest BCUT2D eigenvalue weighted by Crippen LogP contribution is 2.29. The number of rotatable bonds is 3. The maximum atomic E-state index is 11.7. The van der Waals surface area contributed by atoms with Gasteiger partial charge < -0.3 is 11.1 Å². The third-order valence-corrected chi connectivity index (χ3v) is 4.97. The van der Waals surface area contributed by atoms with E-state index >= 15 is 0 Å². The van der Waals surface area contributed by atoms with E-state index in [0.717, 1.165) is 12.8 Å². The van der Waals surface area contributed by atoms with Crippen LogP contribution in [0, 0.1) is 5.92 Å². The van der Waals surface area contributed by atoms with Crippen molar-refractivity contribution in [1.29, 1.82) is 0 Å². The quantitative estimate of drug-likeness (QED) is 0.589. The lowest BCUT2D eigenvalue weighted by molar-refractivity contribution is 0.456. The van der Waals surface area contributed by atoms with Crippen LogP contribution >= 0.6 is 0 Å². The molecule has 2 unspecified atom stereocenters. The average molecular weight is 297 g/mol. The second kappa shape index (κ2) is 6.01. The van der Waals surface area contributed by atoms with Crippen LogP contribution in [0.1, 0.15) is 39.0 Å². The lowest BCUT2D eigenvalue weighted by Gasteiger charge is -2.25. The van der Waals surface area contributed by atoms with E-state index in [2.05, 4.69) is 12.2 Å². The summed E-state index contributed by atoms with van der Waals surface area (Å²) in [4.78, 5) is 0.0777. The van der Waals surface area contributed by atoms with Crippen molar-refractivity contribution < 1.29 is 8.42 Å². The number of nitrogens with two attached hydrogens (primary N) is 2. The summed E-state index contributed by atoms with van der Waals surface area (Å²) < 4.78 is 23.4. The monoisotopic (exact) mass is 297 g/mol. The van der Waals surface area contributed by atoms with Gasteiger partial charge in [-0.2, -0.15) is 0 Å². The third-order valence-electron chi connectivity index (χ3n) is 4.01. The molecule has 1 aliphatic carbocycles. The fourth-order valence-corrected chi connectivity index (χ4v) is 3.53. The molecule has 5 N–H and O–H groups in total. The van der Waals surface area contributed by atoms with Gasteiger partial charge in [0.2, 0.25) is 10.0 Å². The van der Waals surface area contributed by atoms with Gasteiger partial charge in [-0.05, 0) is 37.0 Å². The van der Waals surface area contributed by atoms with Crippen molar-refractivity contribution >= 4 is 21.4 Å². The lowest BCUT2D eigenvalue weighted by Crippen LogP contribution is -2.27. The predicted molar refractivity (Wildman–Crippen MR) is 81.9 cm³/mol. The van der Waals surface area contributed by atoms with Gasteiger partial charge in [0.1, 0.15) is 4.90 Å². The Morgan fingerprint density at radius 2 is 1.90 bits per heavy atom. The average Bonchev–Trinajstić information content (AvgIpc) is 2.56. The Morgan fingerprint density at radius 3 is 2.60 bits per heavy atom. The predicted octanol–water partition coefficient (Wildman–Crippen LogP) is 2.30. The second-order valence-electron chi connectivity index (χ2n) is 5.67. The molecular formula is C14H23N3O2S. The summed E-state index contributed by atoms with van der Waals surface area (Å²) >= 11 is 0. The molecule has 0 saturated heterocycles. The van der Waals surface area contributed by atoms with Crippen molar-refractivity contribution in [2.75, 3.05) is 11.1 Å². The van der Waals surface area contributed by atoms with E-state index in [-0.39, 0.29) is 10.9 Å². The number of nitrogens with one attached hydrogen (secondary N) is 1. The highest BCUT2D eigenvalue weighted by atomic mass is 32.2. The minimum Gasteiger partial charge on any atom is -0.399 e. The largest absolute Gasteiger partial charge is 0.399 e. The molecule has 5 nitrogen and oxygen atoms in total. The number of sulfonamides is 1. The number of primary sulfonamides is 1. The summed E-state index contributed by atoms with van der Waals surface area (Å²) in [6.45, 7) is 2.21. The van der Waals surface area contributed by atoms with Crippen molar-refractivity contribution in [3.05, 3.63) is 18.2 Å². The van der Waals surface area contributed by atoms with E-state index in [0.29, 0.717) is 17.3 Å². The van der Waals surface area contributed by atoms with Crippen LogP contribution in [-0.2, 0) is 10.0 Å². The Kier molecular flexibility index (Phi) is 4.55. The van der Waals surface area contributed by atoms with Gasteiger partial charge in [0.05, 0.1) is 5.69 Å². The van der Waals surface area contributed by atoms with Crippen molar-refractivity contribution in [3.8, 4) is 0 Å². The molecule has 0 aromatic heterocycles. The first-order valence-corrected chi connectivity index (χ1v) is 8.61. The summed E-state index contributed by atoms with van der Waals surface area (Å²) in [6, 6.07) is 5.09. The molecule has 1 fully saturated rings. The first kappa shape index (κ1) is 15.1. The van der Waals surface area contributed by atoms with Crippen molar-refractivity contribution in [2.45, 2.75) is 50.0 Å². The maximum Gasteiger partial charge on any atom is 0.240 e. The Morgan fingerprint density at radius 1 is 1.20 bits per heavy atom. The highest BCUT2D eigenvalue weighted by molar-refractivity contribution is 7.89. The van der Waals surface area contributed by atoms with Gasteiger partial charge >= 0.3 is 0 Å². The molecule has 1 aliphatic rings. The molecule has 1 saturated carbocycles. The van der Waals surface area contributed by atoms with Crippen LogP contribution in [-0.4, -0.2) is 14.5 Å². The Bertz CT molecular complexity index is 572. The van der Waals surface area contributed by atoms with Gasteiger partial charge in [0.15, 0.2) is 0 Å².